The van der Waals surface area contributed by atoms with Crippen molar-refractivity contribution in [3.05, 3.63) is 71.8 Å². The van der Waals surface area contributed by atoms with Crippen molar-refractivity contribution in [1.29, 1.82) is 0 Å². The van der Waals surface area contributed by atoms with Gasteiger partial charge in [-0.25, -0.2) is 15.0 Å². The molecule has 2 aromatic carbocycles. The summed E-state index contributed by atoms with van der Waals surface area (Å²) in [6.45, 7) is 3.43. The minimum atomic E-state index is -1.84. The number of carbonyl (C=O) groups excluding carboxylic acids is 4. The van der Waals surface area contributed by atoms with Gasteiger partial charge in [0.15, 0.2) is 17.1 Å². The van der Waals surface area contributed by atoms with Crippen LogP contribution in [0.3, 0.4) is 0 Å². The topological polar surface area (TPSA) is 102 Å². The van der Waals surface area contributed by atoms with Gasteiger partial charge in [0.05, 0.1) is 0 Å². The number of amides is 2. The molecule has 2 aromatic rings. The molecular weight excluding hydrogens is 448 g/mol. The SMILES string of the molecule is CCC(C)C(=O)[C@@]1(N(NC(=O)OCc2ccccc2)C(=O)OCc2ccccc2)CCCCC1=O. The zero-order valence-electron chi connectivity index (χ0n) is 20.2. The van der Waals surface area contributed by atoms with Gasteiger partial charge in [0, 0.05) is 12.3 Å². The maximum absolute atomic E-state index is 13.6. The van der Waals surface area contributed by atoms with Gasteiger partial charge < -0.3 is 9.47 Å². The van der Waals surface area contributed by atoms with Crippen LogP contribution in [0.25, 0.3) is 0 Å². The first kappa shape index (κ1) is 25.9. The third-order valence-corrected chi connectivity index (χ3v) is 6.31. The van der Waals surface area contributed by atoms with Gasteiger partial charge in [-0.15, -0.1) is 0 Å². The predicted molar refractivity (Wildman–Crippen MR) is 129 cm³/mol. The number of hydrogen-bond acceptors (Lipinski definition) is 6. The lowest BCUT2D eigenvalue weighted by Crippen LogP contribution is -2.69. The molecule has 186 valence electrons. The Balaban J connectivity index is 1.88. The van der Waals surface area contributed by atoms with E-state index in [0.29, 0.717) is 19.3 Å². The Kier molecular flexibility index (Phi) is 9.00. The zero-order valence-corrected chi connectivity index (χ0v) is 20.2. The van der Waals surface area contributed by atoms with Gasteiger partial charge in [-0.1, -0.05) is 74.5 Å². The fraction of sp³-hybridized carbons (Fsp3) is 0.407. The Hall–Kier alpha value is -3.68. The number of ketones is 2. The summed E-state index contributed by atoms with van der Waals surface area (Å²) in [6, 6.07) is 18.0. The second kappa shape index (κ2) is 12.1. The Morgan fingerprint density at radius 2 is 1.51 bits per heavy atom. The van der Waals surface area contributed by atoms with Crippen LogP contribution in [0, 0.1) is 5.92 Å². The number of ether oxygens (including phenoxy) is 2. The minimum absolute atomic E-state index is 0.0418. The second-order valence-electron chi connectivity index (χ2n) is 8.71. The number of benzene rings is 2. The Morgan fingerprint density at radius 1 is 0.943 bits per heavy atom. The van der Waals surface area contributed by atoms with Crippen LogP contribution >= 0.6 is 0 Å². The van der Waals surface area contributed by atoms with Crippen molar-refractivity contribution in [2.75, 3.05) is 0 Å². The Labute approximate surface area is 205 Å². The average molecular weight is 481 g/mol. The van der Waals surface area contributed by atoms with E-state index in [1.807, 2.05) is 31.2 Å². The van der Waals surface area contributed by atoms with E-state index in [4.69, 9.17) is 9.47 Å². The van der Waals surface area contributed by atoms with Gasteiger partial charge in [-0.2, -0.15) is 5.01 Å². The number of hydrogen-bond donors (Lipinski definition) is 1. The molecule has 35 heavy (non-hydrogen) atoms. The molecule has 0 radical (unpaired) electrons. The number of nitrogens with zero attached hydrogens (tertiary/aromatic N) is 1. The van der Waals surface area contributed by atoms with E-state index in [1.54, 1.807) is 43.3 Å². The van der Waals surface area contributed by atoms with Gasteiger partial charge in [-0.3, -0.25) is 9.59 Å². The standard InChI is InChI=1S/C27H32N2O6/c1-3-20(2)24(31)27(17-11-10-16-23(27)30)29(26(33)35-19-22-14-8-5-9-15-22)28-25(32)34-18-21-12-6-4-7-13-21/h4-9,12-15,20H,3,10-11,16-19H2,1-2H3,(H,28,32)/t20?,27-/m1/s1. The molecule has 3 rings (SSSR count). The van der Waals surface area contributed by atoms with Crippen LogP contribution < -0.4 is 5.43 Å². The number of Topliss-reactive ketones (excluding diaryl/α,β-unsaturated/α-hetero) is 2. The summed E-state index contributed by atoms with van der Waals surface area (Å²) in [4.78, 5) is 53.0. The molecule has 8 nitrogen and oxygen atoms in total. The summed E-state index contributed by atoms with van der Waals surface area (Å²) >= 11 is 0. The van der Waals surface area contributed by atoms with Crippen LogP contribution in [-0.2, 0) is 32.3 Å². The molecule has 0 heterocycles. The fourth-order valence-corrected chi connectivity index (χ4v) is 4.14. The zero-order chi connectivity index (χ0) is 25.3. The minimum Gasteiger partial charge on any atom is -0.443 e. The van der Waals surface area contributed by atoms with E-state index >= 15 is 0 Å². The molecule has 2 amide bonds. The molecule has 0 saturated heterocycles. The van der Waals surface area contributed by atoms with Gasteiger partial charge >= 0.3 is 12.2 Å². The summed E-state index contributed by atoms with van der Waals surface area (Å²) in [7, 11) is 0. The summed E-state index contributed by atoms with van der Waals surface area (Å²) in [6.07, 6.45) is -0.0619. The first-order valence-electron chi connectivity index (χ1n) is 11.9. The highest BCUT2D eigenvalue weighted by Gasteiger charge is 2.55. The molecule has 1 N–H and O–H groups in total. The molecule has 8 heteroatoms. The van der Waals surface area contributed by atoms with Gasteiger partial charge in [0.2, 0.25) is 0 Å². The maximum Gasteiger partial charge on any atom is 0.430 e. The normalized spacial score (nSPS) is 18.3. The van der Waals surface area contributed by atoms with Crippen LogP contribution in [0.5, 0.6) is 0 Å². The number of carbonyl (C=O) groups is 4. The summed E-state index contributed by atoms with van der Waals surface area (Å²) < 4.78 is 10.7. The summed E-state index contributed by atoms with van der Waals surface area (Å²) in [5.41, 5.74) is 2.02. The molecule has 1 unspecified atom stereocenters. The molecule has 1 saturated carbocycles. The van der Waals surface area contributed by atoms with Crippen molar-refractivity contribution in [2.45, 2.75) is 64.7 Å². The van der Waals surface area contributed by atoms with Crippen molar-refractivity contribution in [3.8, 4) is 0 Å². The van der Waals surface area contributed by atoms with Crippen LogP contribution in [0.2, 0.25) is 0 Å². The molecule has 0 aliphatic heterocycles. The largest absolute Gasteiger partial charge is 0.443 e. The van der Waals surface area contributed by atoms with E-state index in [1.165, 1.54) is 0 Å². The highest BCUT2D eigenvalue weighted by molar-refractivity contribution is 6.14. The van der Waals surface area contributed by atoms with E-state index in [9.17, 15) is 19.2 Å². The third kappa shape index (κ3) is 6.26. The van der Waals surface area contributed by atoms with Crippen molar-refractivity contribution >= 4 is 23.8 Å². The molecule has 2 atom stereocenters. The Morgan fingerprint density at radius 3 is 2.06 bits per heavy atom. The monoisotopic (exact) mass is 480 g/mol. The lowest BCUT2D eigenvalue weighted by atomic mass is 9.73. The number of rotatable bonds is 8. The van der Waals surface area contributed by atoms with Crippen molar-refractivity contribution < 1.29 is 28.7 Å². The molecule has 0 bridgehead atoms. The lowest BCUT2D eigenvalue weighted by molar-refractivity contribution is -0.150. The lowest BCUT2D eigenvalue weighted by Gasteiger charge is -2.43. The first-order chi connectivity index (χ1) is 16.9. The van der Waals surface area contributed by atoms with Gasteiger partial charge in [-0.05, 0) is 36.8 Å². The number of hydrazine groups is 1. The van der Waals surface area contributed by atoms with E-state index in [-0.39, 0.29) is 26.1 Å². The van der Waals surface area contributed by atoms with Crippen molar-refractivity contribution in [2.24, 2.45) is 5.92 Å². The molecule has 0 aromatic heterocycles. The summed E-state index contributed by atoms with van der Waals surface area (Å²) in [5.74, 6) is -1.32. The molecule has 1 fully saturated rings. The van der Waals surface area contributed by atoms with Crippen molar-refractivity contribution in [3.63, 3.8) is 0 Å². The average Bonchev–Trinajstić information content (AvgIpc) is 2.90. The highest BCUT2D eigenvalue weighted by atomic mass is 16.6. The van der Waals surface area contributed by atoms with E-state index in [2.05, 4.69) is 5.43 Å². The first-order valence-corrected chi connectivity index (χ1v) is 11.9. The molecule has 0 spiro atoms. The predicted octanol–water partition coefficient (Wildman–Crippen LogP) is 4.96. The Bertz CT molecular complexity index is 1030. The maximum atomic E-state index is 13.6. The number of nitrogens with one attached hydrogen (secondary N) is 1. The van der Waals surface area contributed by atoms with E-state index in [0.717, 1.165) is 16.1 Å². The van der Waals surface area contributed by atoms with Gasteiger partial charge in [0.1, 0.15) is 13.2 Å². The van der Waals surface area contributed by atoms with Crippen molar-refractivity contribution in [1.82, 2.24) is 10.4 Å². The molecule has 1 aliphatic rings. The summed E-state index contributed by atoms with van der Waals surface area (Å²) in [5, 5.41) is 0.777. The molecular formula is C27H32N2O6. The van der Waals surface area contributed by atoms with Crippen LogP contribution in [-0.4, -0.2) is 34.3 Å². The smallest absolute Gasteiger partial charge is 0.430 e. The second-order valence-corrected chi connectivity index (χ2v) is 8.71. The van der Waals surface area contributed by atoms with Crippen LogP contribution in [0.1, 0.15) is 57.1 Å². The highest BCUT2D eigenvalue weighted by Crippen LogP contribution is 2.34. The third-order valence-electron chi connectivity index (χ3n) is 6.31. The fourth-order valence-electron chi connectivity index (χ4n) is 4.14. The van der Waals surface area contributed by atoms with Crippen LogP contribution in [0.15, 0.2) is 60.7 Å². The van der Waals surface area contributed by atoms with Crippen LogP contribution in [0.4, 0.5) is 9.59 Å². The van der Waals surface area contributed by atoms with Gasteiger partial charge in [0.25, 0.3) is 0 Å². The molecule has 1 aliphatic carbocycles. The van der Waals surface area contributed by atoms with E-state index < -0.39 is 35.2 Å². The quantitative estimate of drug-likeness (QED) is 0.423.